The van der Waals surface area contributed by atoms with Gasteiger partial charge in [0, 0.05) is 30.6 Å². The van der Waals surface area contributed by atoms with Gasteiger partial charge in [-0.25, -0.2) is 15.0 Å². The van der Waals surface area contributed by atoms with Crippen molar-refractivity contribution in [2.45, 2.75) is 0 Å². The van der Waals surface area contributed by atoms with Gasteiger partial charge in [0.15, 0.2) is 17.0 Å². The van der Waals surface area contributed by atoms with Gasteiger partial charge in [0.1, 0.15) is 12.2 Å². The number of rotatable bonds is 2. The smallest absolute Gasteiger partial charge is 0.250 e. The molecule has 1 aromatic carbocycles. The third kappa shape index (κ3) is 2.40. The quantitative estimate of drug-likeness (QED) is 0.535. The van der Waals surface area contributed by atoms with Crippen molar-refractivity contribution in [3.8, 4) is 17.1 Å². The molecule has 0 atom stereocenters. The maximum Gasteiger partial charge on any atom is 0.250 e. The molecule has 0 radical (unpaired) electrons. The van der Waals surface area contributed by atoms with E-state index >= 15 is 0 Å². The number of hydrogen-bond acceptors (Lipinski definition) is 6. The van der Waals surface area contributed by atoms with Gasteiger partial charge < -0.3 is 16.0 Å². The SMILES string of the molecule is Cn1cc(-n2c(-c3cccc(N)c3)nc3c(N)ncnc32)ccc1=O. The number of nitrogens with two attached hydrogens (primary N) is 2. The van der Waals surface area contributed by atoms with Crippen LogP contribution in [0.2, 0.25) is 0 Å². The average molecular weight is 333 g/mol. The highest BCUT2D eigenvalue weighted by Crippen LogP contribution is 2.29. The maximum atomic E-state index is 11.7. The minimum atomic E-state index is -0.104. The Kier molecular flexibility index (Phi) is 3.24. The summed E-state index contributed by atoms with van der Waals surface area (Å²) in [6, 6.07) is 10.6. The van der Waals surface area contributed by atoms with Gasteiger partial charge in [-0.05, 0) is 18.2 Å². The molecule has 4 aromatic rings. The molecule has 4 N–H and O–H groups in total. The Morgan fingerprint density at radius 2 is 1.92 bits per heavy atom. The minimum absolute atomic E-state index is 0.104. The van der Waals surface area contributed by atoms with Crippen LogP contribution < -0.4 is 17.0 Å². The number of hydrogen-bond donors (Lipinski definition) is 2. The summed E-state index contributed by atoms with van der Waals surface area (Å²) in [4.78, 5) is 24.7. The van der Waals surface area contributed by atoms with Crippen molar-refractivity contribution in [3.63, 3.8) is 0 Å². The standard InChI is InChI=1S/C17H15N7O/c1-23-8-12(5-6-13(23)25)24-16(10-3-2-4-11(18)7-10)22-14-15(19)20-9-21-17(14)24/h2-9H,18H2,1H3,(H2,19,20,21). The fourth-order valence-electron chi connectivity index (χ4n) is 2.74. The first-order chi connectivity index (χ1) is 12.0. The molecule has 8 heteroatoms. The van der Waals surface area contributed by atoms with Gasteiger partial charge in [-0.15, -0.1) is 0 Å². The number of nitrogens with zero attached hydrogens (tertiary/aromatic N) is 5. The van der Waals surface area contributed by atoms with Gasteiger partial charge in [0.2, 0.25) is 5.56 Å². The van der Waals surface area contributed by atoms with Crippen LogP contribution in [0.25, 0.3) is 28.2 Å². The first-order valence-corrected chi connectivity index (χ1v) is 7.56. The van der Waals surface area contributed by atoms with Crippen LogP contribution >= 0.6 is 0 Å². The van der Waals surface area contributed by atoms with E-state index in [-0.39, 0.29) is 5.56 Å². The third-order valence-corrected chi connectivity index (χ3v) is 3.95. The highest BCUT2D eigenvalue weighted by Gasteiger charge is 2.18. The van der Waals surface area contributed by atoms with Gasteiger partial charge in [-0.1, -0.05) is 12.1 Å². The molecule has 124 valence electrons. The van der Waals surface area contributed by atoms with Crippen LogP contribution in [0.3, 0.4) is 0 Å². The number of aryl methyl sites for hydroxylation is 1. The Morgan fingerprint density at radius 1 is 1.08 bits per heavy atom. The summed E-state index contributed by atoms with van der Waals surface area (Å²) in [5, 5.41) is 0. The molecule has 0 amide bonds. The Morgan fingerprint density at radius 3 is 2.68 bits per heavy atom. The lowest BCUT2D eigenvalue weighted by atomic mass is 10.2. The zero-order valence-electron chi connectivity index (χ0n) is 13.4. The summed E-state index contributed by atoms with van der Waals surface area (Å²) >= 11 is 0. The molecule has 8 nitrogen and oxygen atoms in total. The fourth-order valence-corrected chi connectivity index (χ4v) is 2.74. The number of benzene rings is 1. The molecule has 0 spiro atoms. The highest BCUT2D eigenvalue weighted by molar-refractivity contribution is 5.87. The number of nitrogen functional groups attached to an aromatic ring is 2. The normalized spacial score (nSPS) is 11.1. The molecule has 0 aliphatic carbocycles. The molecule has 0 aliphatic rings. The third-order valence-electron chi connectivity index (χ3n) is 3.95. The van der Waals surface area contributed by atoms with Crippen LogP contribution in [0.4, 0.5) is 11.5 Å². The summed E-state index contributed by atoms with van der Waals surface area (Å²) in [6.07, 6.45) is 3.11. The largest absolute Gasteiger partial charge is 0.399 e. The summed E-state index contributed by atoms with van der Waals surface area (Å²) in [5.74, 6) is 0.909. The predicted molar refractivity (Wildman–Crippen MR) is 96.2 cm³/mol. The summed E-state index contributed by atoms with van der Waals surface area (Å²) in [7, 11) is 1.69. The van der Waals surface area contributed by atoms with Crippen molar-refractivity contribution in [1.29, 1.82) is 0 Å². The molecule has 25 heavy (non-hydrogen) atoms. The number of fused-ring (bicyclic) bond motifs is 1. The van der Waals surface area contributed by atoms with Crippen LogP contribution in [0, 0.1) is 0 Å². The summed E-state index contributed by atoms with van der Waals surface area (Å²) < 4.78 is 3.33. The van der Waals surface area contributed by atoms with Crippen LogP contribution in [0.15, 0.2) is 53.7 Å². The number of imidazole rings is 1. The maximum absolute atomic E-state index is 11.7. The molecular formula is C17H15N7O. The molecule has 0 unspecified atom stereocenters. The lowest BCUT2D eigenvalue weighted by Gasteiger charge is -2.10. The topological polar surface area (TPSA) is 118 Å². The van der Waals surface area contributed by atoms with Crippen molar-refractivity contribution in [2.24, 2.45) is 7.05 Å². The zero-order valence-corrected chi connectivity index (χ0v) is 13.4. The average Bonchev–Trinajstić information content (AvgIpc) is 2.98. The molecule has 0 saturated heterocycles. The second kappa shape index (κ2) is 5.45. The Balaban J connectivity index is 2.10. The predicted octanol–water partition coefficient (Wildman–Crippen LogP) is 1.35. The first-order valence-electron chi connectivity index (χ1n) is 7.56. The molecular weight excluding hydrogens is 318 g/mol. The van der Waals surface area contributed by atoms with Gasteiger partial charge >= 0.3 is 0 Å². The van der Waals surface area contributed by atoms with Crippen LogP contribution in [0.1, 0.15) is 0 Å². The molecule has 0 bridgehead atoms. The molecule has 3 aromatic heterocycles. The number of anilines is 2. The van der Waals surface area contributed by atoms with Crippen LogP contribution in [0.5, 0.6) is 0 Å². The Labute approximate surface area is 142 Å². The van der Waals surface area contributed by atoms with Crippen molar-refractivity contribution < 1.29 is 0 Å². The van der Waals surface area contributed by atoms with E-state index in [2.05, 4.69) is 15.0 Å². The number of aromatic nitrogens is 5. The van der Waals surface area contributed by atoms with Crippen molar-refractivity contribution in [3.05, 3.63) is 59.3 Å². The second-order valence-electron chi connectivity index (χ2n) is 5.66. The summed E-state index contributed by atoms with van der Waals surface area (Å²) in [5.41, 5.74) is 15.0. The summed E-state index contributed by atoms with van der Waals surface area (Å²) in [6.45, 7) is 0. The van der Waals surface area contributed by atoms with E-state index in [9.17, 15) is 4.79 Å². The Bertz CT molecular complexity index is 1160. The molecule has 0 aliphatic heterocycles. The zero-order chi connectivity index (χ0) is 17.6. The van der Waals surface area contributed by atoms with Gasteiger partial charge in [-0.2, -0.15) is 0 Å². The molecule has 0 saturated carbocycles. The van der Waals surface area contributed by atoms with Crippen LogP contribution in [-0.4, -0.2) is 24.1 Å². The monoisotopic (exact) mass is 333 g/mol. The van der Waals surface area contributed by atoms with E-state index in [0.29, 0.717) is 28.5 Å². The van der Waals surface area contributed by atoms with Crippen molar-refractivity contribution in [1.82, 2.24) is 24.1 Å². The van der Waals surface area contributed by atoms with E-state index in [0.717, 1.165) is 11.3 Å². The van der Waals surface area contributed by atoms with E-state index in [4.69, 9.17) is 11.5 Å². The minimum Gasteiger partial charge on any atom is -0.399 e. The van der Waals surface area contributed by atoms with Crippen LogP contribution in [-0.2, 0) is 7.05 Å². The van der Waals surface area contributed by atoms with Crippen molar-refractivity contribution in [2.75, 3.05) is 11.5 Å². The number of pyridine rings is 1. The first kappa shape index (κ1) is 14.9. The van der Waals surface area contributed by atoms with Gasteiger partial charge in [-0.3, -0.25) is 9.36 Å². The lowest BCUT2D eigenvalue weighted by Crippen LogP contribution is -2.15. The van der Waals surface area contributed by atoms with E-state index in [1.807, 2.05) is 22.8 Å². The second-order valence-corrected chi connectivity index (χ2v) is 5.66. The van der Waals surface area contributed by atoms with E-state index in [1.54, 1.807) is 25.4 Å². The fraction of sp³-hybridized carbons (Fsp3) is 0.0588. The Hall–Kier alpha value is -3.68. The highest BCUT2D eigenvalue weighted by atomic mass is 16.1. The van der Waals surface area contributed by atoms with Gasteiger partial charge in [0.25, 0.3) is 0 Å². The van der Waals surface area contributed by atoms with E-state index in [1.165, 1.54) is 17.0 Å². The molecule has 0 fully saturated rings. The van der Waals surface area contributed by atoms with Gasteiger partial charge in [0.05, 0.1) is 5.69 Å². The van der Waals surface area contributed by atoms with E-state index < -0.39 is 0 Å². The lowest BCUT2D eigenvalue weighted by molar-refractivity contribution is 0.846. The molecule has 4 rings (SSSR count). The molecule has 3 heterocycles. The van der Waals surface area contributed by atoms with Crippen molar-refractivity contribution >= 4 is 22.7 Å².